The summed E-state index contributed by atoms with van der Waals surface area (Å²) in [6.45, 7) is 1.79. The van der Waals surface area contributed by atoms with Crippen LogP contribution in [0.2, 0.25) is 0 Å². The van der Waals surface area contributed by atoms with Crippen LogP contribution in [0, 0.1) is 0 Å². The average Bonchev–Trinajstić information content (AvgIpc) is 2.30. The lowest BCUT2D eigenvalue weighted by atomic mass is 10.0. The van der Waals surface area contributed by atoms with Crippen molar-refractivity contribution in [3.05, 3.63) is 35.9 Å². The fourth-order valence-corrected chi connectivity index (χ4v) is 1.36. The third-order valence-corrected chi connectivity index (χ3v) is 2.09. The van der Waals surface area contributed by atoms with E-state index >= 15 is 0 Å². The van der Waals surface area contributed by atoms with Crippen LogP contribution < -0.4 is 4.74 Å². The minimum Gasteiger partial charge on any atom is -0.496 e. The standard InChI is InChI=1S/C12H14O3/c1-4-9(12(13)15-3)10-7-5-6-8-11(10)14-2/h4-8H,1-3H3. The van der Waals surface area contributed by atoms with Gasteiger partial charge in [0.25, 0.3) is 0 Å². The average molecular weight is 206 g/mol. The first-order valence-corrected chi connectivity index (χ1v) is 4.62. The Kier molecular flexibility index (Phi) is 3.92. The fraction of sp³-hybridized carbons (Fsp3) is 0.250. The van der Waals surface area contributed by atoms with Gasteiger partial charge in [-0.25, -0.2) is 4.79 Å². The topological polar surface area (TPSA) is 35.5 Å². The van der Waals surface area contributed by atoms with Gasteiger partial charge >= 0.3 is 5.97 Å². The number of para-hydroxylation sites is 1. The summed E-state index contributed by atoms with van der Waals surface area (Å²) < 4.78 is 9.87. The van der Waals surface area contributed by atoms with E-state index in [2.05, 4.69) is 0 Å². The van der Waals surface area contributed by atoms with Crippen LogP contribution >= 0.6 is 0 Å². The summed E-state index contributed by atoms with van der Waals surface area (Å²) in [5.41, 5.74) is 1.25. The third kappa shape index (κ3) is 2.37. The number of hydrogen-bond acceptors (Lipinski definition) is 3. The van der Waals surface area contributed by atoms with Crippen molar-refractivity contribution in [3.8, 4) is 5.75 Å². The van der Waals surface area contributed by atoms with Crippen molar-refractivity contribution in [2.24, 2.45) is 0 Å². The molecular weight excluding hydrogens is 192 g/mol. The minimum absolute atomic E-state index is 0.359. The second-order valence-electron chi connectivity index (χ2n) is 2.89. The van der Waals surface area contributed by atoms with Crippen molar-refractivity contribution in [1.82, 2.24) is 0 Å². The van der Waals surface area contributed by atoms with Crippen LogP contribution in [0.5, 0.6) is 5.75 Å². The molecule has 0 unspecified atom stereocenters. The largest absolute Gasteiger partial charge is 0.496 e. The number of carbonyl (C=O) groups is 1. The van der Waals surface area contributed by atoms with Crippen molar-refractivity contribution in [2.45, 2.75) is 6.92 Å². The van der Waals surface area contributed by atoms with Gasteiger partial charge in [-0.2, -0.15) is 0 Å². The van der Waals surface area contributed by atoms with Gasteiger partial charge in [0.1, 0.15) is 5.75 Å². The van der Waals surface area contributed by atoms with Gasteiger partial charge < -0.3 is 9.47 Å². The summed E-state index contributed by atoms with van der Waals surface area (Å²) >= 11 is 0. The zero-order valence-electron chi connectivity index (χ0n) is 9.11. The second kappa shape index (κ2) is 5.20. The highest BCUT2D eigenvalue weighted by molar-refractivity contribution is 6.17. The molecule has 0 saturated carbocycles. The summed E-state index contributed by atoms with van der Waals surface area (Å²) in [5, 5.41) is 0. The third-order valence-electron chi connectivity index (χ3n) is 2.09. The van der Waals surface area contributed by atoms with E-state index in [-0.39, 0.29) is 5.97 Å². The Balaban J connectivity index is 3.18. The lowest BCUT2D eigenvalue weighted by molar-refractivity contribution is -0.133. The molecule has 15 heavy (non-hydrogen) atoms. The molecular formula is C12H14O3. The molecule has 0 aliphatic rings. The van der Waals surface area contributed by atoms with Gasteiger partial charge in [0.05, 0.1) is 19.8 Å². The van der Waals surface area contributed by atoms with Crippen molar-refractivity contribution < 1.29 is 14.3 Å². The summed E-state index contributed by atoms with van der Waals surface area (Å²) in [6, 6.07) is 7.34. The number of hydrogen-bond donors (Lipinski definition) is 0. The highest BCUT2D eigenvalue weighted by Gasteiger charge is 2.14. The first kappa shape index (κ1) is 11.3. The molecule has 0 aromatic heterocycles. The van der Waals surface area contributed by atoms with Crippen LogP contribution in [-0.4, -0.2) is 20.2 Å². The molecule has 1 aromatic carbocycles. The van der Waals surface area contributed by atoms with Crippen molar-refractivity contribution >= 4 is 11.5 Å². The molecule has 3 nitrogen and oxygen atoms in total. The van der Waals surface area contributed by atoms with Gasteiger partial charge in [0, 0.05) is 5.56 Å². The maximum absolute atomic E-state index is 11.5. The summed E-state index contributed by atoms with van der Waals surface area (Å²) in [7, 11) is 2.94. The van der Waals surface area contributed by atoms with Crippen molar-refractivity contribution in [1.29, 1.82) is 0 Å². The molecule has 3 heteroatoms. The number of methoxy groups -OCH3 is 2. The van der Waals surface area contributed by atoms with Crippen LogP contribution in [0.3, 0.4) is 0 Å². The van der Waals surface area contributed by atoms with E-state index in [9.17, 15) is 4.79 Å². The Morgan fingerprint density at radius 1 is 1.27 bits per heavy atom. The second-order valence-corrected chi connectivity index (χ2v) is 2.89. The number of allylic oxidation sites excluding steroid dienone is 1. The molecule has 80 valence electrons. The monoisotopic (exact) mass is 206 g/mol. The predicted octanol–water partition coefficient (Wildman–Crippen LogP) is 2.27. The molecule has 0 heterocycles. The maximum Gasteiger partial charge on any atom is 0.338 e. The van der Waals surface area contributed by atoms with Crippen LogP contribution in [0.1, 0.15) is 12.5 Å². The lowest BCUT2D eigenvalue weighted by Crippen LogP contribution is -2.04. The molecule has 0 aliphatic carbocycles. The van der Waals surface area contributed by atoms with E-state index in [4.69, 9.17) is 9.47 Å². The highest BCUT2D eigenvalue weighted by Crippen LogP contribution is 2.26. The van der Waals surface area contributed by atoms with Crippen LogP contribution in [0.25, 0.3) is 5.57 Å². The maximum atomic E-state index is 11.5. The Labute approximate surface area is 89.3 Å². The number of benzene rings is 1. The zero-order chi connectivity index (χ0) is 11.3. The molecule has 1 rings (SSSR count). The molecule has 0 amide bonds. The molecule has 0 spiro atoms. The summed E-state index contributed by atoms with van der Waals surface area (Å²) in [5.74, 6) is 0.304. The first-order chi connectivity index (χ1) is 7.24. The van der Waals surface area contributed by atoms with Crippen LogP contribution in [0.15, 0.2) is 30.3 Å². The first-order valence-electron chi connectivity index (χ1n) is 4.62. The van der Waals surface area contributed by atoms with Crippen molar-refractivity contribution in [2.75, 3.05) is 14.2 Å². The van der Waals surface area contributed by atoms with E-state index in [1.165, 1.54) is 7.11 Å². The van der Waals surface area contributed by atoms with Gasteiger partial charge in [0.15, 0.2) is 0 Å². The number of ether oxygens (including phenoxy) is 2. The molecule has 1 aromatic rings. The Hall–Kier alpha value is -1.77. The van der Waals surface area contributed by atoms with Gasteiger partial charge in [-0.05, 0) is 13.0 Å². The van der Waals surface area contributed by atoms with Crippen molar-refractivity contribution in [3.63, 3.8) is 0 Å². The summed E-state index contributed by atoms with van der Waals surface area (Å²) in [4.78, 5) is 11.5. The molecule has 0 saturated heterocycles. The van der Waals surface area contributed by atoms with E-state index < -0.39 is 0 Å². The summed E-state index contributed by atoms with van der Waals surface area (Å²) in [6.07, 6.45) is 1.71. The van der Waals surface area contributed by atoms with Crippen LogP contribution in [0.4, 0.5) is 0 Å². The van der Waals surface area contributed by atoms with E-state index in [0.29, 0.717) is 11.3 Å². The number of carbonyl (C=O) groups excluding carboxylic acids is 1. The molecule has 0 atom stereocenters. The minimum atomic E-state index is -0.359. The molecule has 0 radical (unpaired) electrons. The van der Waals surface area contributed by atoms with Gasteiger partial charge in [-0.1, -0.05) is 24.3 Å². The molecule has 0 aliphatic heterocycles. The molecule has 0 N–H and O–H groups in total. The number of esters is 1. The molecule has 0 fully saturated rings. The van der Waals surface area contributed by atoms with E-state index in [1.54, 1.807) is 20.1 Å². The Morgan fingerprint density at radius 3 is 2.47 bits per heavy atom. The smallest absolute Gasteiger partial charge is 0.338 e. The van der Waals surface area contributed by atoms with Gasteiger partial charge in [-0.3, -0.25) is 0 Å². The number of rotatable bonds is 3. The van der Waals surface area contributed by atoms with Gasteiger partial charge in [-0.15, -0.1) is 0 Å². The quantitative estimate of drug-likeness (QED) is 0.562. The van der Waals surface area contributed by atoms with E-state index in [0.717, 1.165) is 5.56 Å². The Morgan fingerprint density at radius 2 is 1.93 bits per heavy atom. The van der Waals surface area contributed by atoms with Gasteiger partial charge in [0.2, 0.25) is 0 Å². The fourth-order valence-electron chi connectivity index (χ4n) is 1.36. The normalized spacial score (nSPS) is 11.0. The Bertz CT molecular complexity index is 380. The van der Waals surface area contributed by atoms with E-state index in [1.807, 2.05) is 24.3 Å². The zero-order valence-corrected chi connectivity index (χ0v) is 9.11. The lowest BCUT2D eigenvalue weighted by Gasteiger charge is -2.09. The van der Waals surface area contributed by atoms with Crippen LogP contribution in [-0.2, 0) is 9.53 Å². The molecule has 0 bridgehead atoms. The SMILES string of the molecule is CC=C(C(=O)OC)c1ccccc1OC. The highest BCUT2D eigenvalue weighted by atomic mass is 16.5. The predicted molar refractivity (Wildman–Crippen MR) is 58.7 cm³/mol.